The number of nitrogens with one attached hydrogen (secondary N) is 1. The summed E-state index contributed by atoms with van der Waals surface area (Å²) < 4.78 is 11.3. The Morgan fingerprint density at radius 1 is 1.33 bits per heavy atom. The molecule has 1 aliphatic rings. The minimum Gasteiger partial charge on any atom is -0.493 e. The van der Waals surface area contributed by atoms with Crippen molar-refractivity contribution in [2.75, 3.05) is 21.3 Å². The van der Waals surface area contributed by atoms with Gasteiger partial charge in [0.25, 0.3) is 0 Å². The van der Waals surface area contributed by atoms with Crippen LogP contribution in [0, 0.1) is 0 Å². The molecule has 21 heavy (non-hydrogen) atoms. The molecule has 1 heterocycles. The third kappa shape index (κ3) is 3.19. The normalized spacial score (nSPS) is 18.3. The molecule has 1 fully saturated rings. The Morgan fingerprint density at radius 2 is 2.05 bits per heavy atom. The Hall–Kier alpha value is -1.60. The fourth-order valence-corrected chi connectivity index (χ4v) is 2.88. The molecule has 6 nitrogen and oxygen atoms in total. The summed E-state index contributed by atoms with van der Waals surface area (Å²) in [6.45, 7) is 0.455. The predicted molar refractivity (Wildman–Crippen MR) is 80.3 cm³/mol. The maximum atomic E-state index is 11.8. The van der Waals surface area contributed by atoms with Crippen LogP contribution in [0.1, 0.15) is 12.0 Å². The van der Waals surface area contributed by atoms with Crippen molar-refractivity contribution in [3.8, 4) is 11.5 Å². The summed E-state index contributed by atoms with van der Waals surface area (Å²) in [4.78, 5) is 24.4. The predicted octanol–water partition coefficient (Wildman–Crippen LogP) is 1.31. The largest absolute Gasteiger partial charge is 0.493 e. The van der Waals surface area contributed by atoms with Crippen molar-refractivity contribution in [2.45, 2.75) is 19.0 Å². The van der Waals surface area contributed by atoms with Gasteiger partial charge < -0.3 is 14.8 Å². The average Bonchev–Trinajstić information content (AvgIpc) is 2.71. The zero-order valence-electron chi connectivity index (χ0n) is 12.1. The van der Waals surface area contributed by atoms with Crippen LogP contribution >= 0.6 is 15.9 Å². The second-order valence-electron chi connectivity index (χ2n) is 4.74. The minimum atomic E-state index is -0.464. The fraction of sp³-hybridized carbons (Fsp3) is 0.429. The van der Waals surface area contributed by atoms with E-state index in [0.29, 0.717) is 18.0 Å². The summed E-state index contributed by atoms with van der Waals surface area (Å²) in [5.41, 5.74) is 0.925. The number of methoxy groups -OCH3 is 2. The Kier molecular flexibility index (Phi) is 4.84. The number of carbonyl (C=O) groups is 2. The topological polar surface area (TPSA) is 67.9 Å². The number of nitrogens with zero attached hydrogens (tertiary/aromatic N) is 1. The molecule has 0 spiro atoms. The van der Waals surface area contributed by atoms with Gasteiger partial charge in [-0.2, -0.15) is 0 Å². The van der Waals surface area contributed by atoms with Gasteiger partial charge in [-0.3, -0.25) is 14.5 Å². The molecule has 7 heteroatoms. The van der Waals surface area contributed by atoms with Crippen molar-refractivity contribution in [1.29, 1.82) is 0 Å². The van der Waals surface area contributed by atoms with Crippen LogP contribution in [0.25, 0.3) is 0 Å². The van der Waals surface area contributed by atoms with E-state index < -0.39 is 6.04 Å². The first-order chi connectivity index (χ1) is 9.97. The number of carbonyl (C=O) groups excluding carboxylic acids is 2. The first kappa shape index (κ1) is 15.8. The summed E-state index contributed by atoms with van der Waals surface area (Å²) in [5.74, 6) is 0.869. The lowest BCUT2D eigenvalue weighted by Crippen LogP contribution is -2.36. The van der Waals surface area contributed by atoms with E-state index in [1.165, 1.54) is 7.05 Å². The summed E-state index contributed by atoms with van der Waals surface area (Å²) in [7, 11) is 4.63. The van der Waals surface area contributed by atoms with Crippen LogP contribution in [0.3, 0.4) is 0 Å². The standard InChI is InChI=1S/C14H17BrN2O4/c1-17-12(18)6-10(14(17)19)16-7-8-4-9(15)13(21-3)11(5-8)20-2/h4-5,10,16H,6-7H2,1-3H3. The van der Waals surface area contributed by atoms with Gasteiger partial charge in [0.15, 0.2) is 11.5 Å². The number of likely N-dealkylation sites (tertiary alicyclic amines) is 1. The average molecular weight is 357 g/mol. The van der Waals surface area contributed by atoms with Crippen LogP contribution in [0.5, 0.6) is 11.5 Å². The van der Waals surface area contributed by atoms with Gasteiger partial charge in [0.05, 0.1) is 31.2 Å². The van der Waals surface area contributed by atoms with Crippen LogP contribution < -0.4 is 14.8 Å². The van der Waals surface area contributed by atoms with E-state index in [9.17, 15) is 9.59 Å². The molecule has 1 aromatic rings. The van der Waals surface area contributed by atoms with Gasteiger partial charge in [0.2, 0.25) is 11.8 Å². The van der Waals surface area contributed by atoms with Crippen LogP contribution in [-0.2, 0) is 16.1 Å². The maximum Gasteiger partial charge on any atom is 0.246 e. The summed E-state index contributed by atoms with van der Waals surface area (Å²) >= 11 is 3.42. The molecule has 0 aliphatic carbocycles. The van der Waals surface area contributed by atoms with E-state index in [1.807, 2.05) is 12.1 Å². The molecule has 1 atom stereocenters. The number of halogens is 1. The molecule has 1 N–H and O–H groups in total. The van der Waals surface area contributed by atoms with E-state index in [0.717, 1.165) is 14.9 Å². The highest BCUT2D eigenvalue weighted by molar-refractivity contribution is 9.10. The fourth-order valence-electron chi connectivity index (χ4n) is 2.23. The lowest BCUT2D eigenvalue weighted by Gasteiger charge is -2.14. The number of rotatable bonds is 5. The molecule has 1 unspecified atom stereocenters. The Morgan fingerprint density at radius 3 is 2.57 bits per heavy atom. The Labute approximate surface area is 131 Å². The van der Waals surface area contributed by atoms with E-state index in [-0.39, 0.29) is 18.2 Å². The van der Waals surface area contributed by atoms with Gasteiger partial charge >= 0.3 is 0 Å². The van der Waals surface area contributed by atoms with Gasteiger partial charge in [-0.05, 0) is 33.6 Å². The van der Waals surface area contributed by atoms with Crippen LogP contribution in [0.2, 0.25) is 0 Å². The van der Waals surface area contributed by atoms with Crippen molar-refractivity contribution in [1.82, 2.24) is 10.2 Å². The van der Waals surface area contributed by atoms with E-state index in [4.69, 9.17) is 9.47 Å². The van der Waals surface area contributed by atoms with Crippen molar-refractivity contribution in [3.63, 3.8) is 0 Å². The van der Waals surface area contributed by atoms with Crippen molar-refractivity contribution >= 4 is 27.7 Å². The van der Waals surface area contributed by atoms with Crippen molar-refractivity contribution in [3.05, 3.63) is 22.2 Å². The zero-order valence-corrected chi connectivity index (χ0v) is 13.7. The SMILES string of the molecule is COc1cc(CNC2CC(=O)N(C)C2=O)cc(Br)c1OC. The van der Waals surface area contributed by atoms with Crippen LogP contribution in [0.4, 0.5) is 0 Å². The molecule has 2 amide bonds. The summed E-state index contributed by atoms with van der Waals surface area (Å²) in [6, 6.07) is 3.26. The highest BCUT2D eigenvalue weighted by Crippen LogP contribution is 2.36. The second kappa shape index (κ2) is 6.44. The molecule has 1 aliphatic heterocycles. The van der Waals surface area contributed by atoms with Crippen molar-refractivity contribution in [2.24, 2.45) is 0 Å². The molecular formula is C14H17BrN2O4. The highest BCUT2D eigenvalue weighted by Gasteiger charge is 2.35. The quantitative estimate of drug-likeness (QED) is 0.805. The number of hydrogen-bond donors (Lipinski definition) is 1. The molecule has 0 radical (unpaired) electrons. The lowest BCUT2D eigenvalue weighted by atomic mass is 10.1. The van der Waals surface area contributed by atoms with Crippen molar-refractivity contribution < 1.29 is 19.1 Å². The summed E-state index contributed by atoms with van der Waals surface area (Å²) in [6.07, 6.45) is 0.198. The zero-order chi connectivity index (χ0) is 15.6. The number of benzene rings is 1. The number of ether oxygens (including phenoxy) is 2. The van der Waals surface area contributed by atoms with Gasteiger partial charge in [-0.1, -0.05) is 0 Å². The molecular weight excluding hydrogens is 340 g/mol. The number of likely N-dealkylation sites (N-methyl/N-ethyl adjacent to an activating group) is 1. The molecule has 0 aromatic heterocycles. The molecule has 2 rings (SSSR count). The van der Waals surface area contributed by atoms with Gasteiger partial charge in [0, 0.05) is 13.6 Å². The van der Waals surface area contributed by atoms with Crippen LogP contribution in [-0.4, -0.2) is 44.0 Å². The minimum absolute atomic E-state index is 0.161. The lowest BCUT2D eigenvalue weighted by molar-refractivity contribution is -0.137. The Bertz CT molecular complexity index is 576. The molecule has 0 bridgehead atoms. The number of hydrogen-bond acceptors (Lipinski definition) is 5. The van der Waals surface area contributed by atoms with Gasteiger partial charge in [0.1, 0.15) is 0 Å². The smallest absolute Gasteiger partial charge is 0.246 e. The third-order valence-electron chi connectivity index (χ3n) is 3.43. The molecule has 1 aromatic carbocycles. The highest BCUT2D eigenvalue weighted by atomic mass is 79.9. The monoisotopic (exact) mass is 356 g/mol. The van der Waals surface area contributed by atoms with Crippen LogP contribution in [0.15, 0.2) is 16.6 Å². The summed E-state index contributed by atoms with van der Waals surface area (Å²) in [5, 5.41) is 3.10. The van der Waals surface area contributed by atoms with E-state index >= 15 is 0 Å². The first-order valence-corrected chi connectivity index (χ1v) is 7.21. The maximum absolute atomic E-state index is 11.8. The first-order valence-electron chi connectivity index (χ1n) is 6.42. The number of amides is 2. The second-order valence-corrected chi connectivity index (χ2v) is 5.60. The van der Waals surface area contributed by atoms with Gasteiger partial charge in [-0.25, -0.2) is 0 Å². The Balaban J connectivity index is 2.09. The molecule has 114 valence electrons. The number of imide groups is 1. The third-order valence-corrected chi connectivity index (χ3v) is 4.02. The van der Waals surface area contributed by atoms with Gasteiger partial charge in [-0.15, -0.1) is 0 Å². The molecule has 1 saturated heterocycles. The van der Waals surface area contributed by atoms with E-state index in [2.05, 4.69) is 21.2 Å². The molecule has 0 saturated carbocycles. The van der Waals surface area contributed by atoms with E-state index in [1.54, 1.807) is 14.2 Å².